The van der Waals surface area contributed by atoms with Crippen molar-refractivity contribution >= 4 is 5.91 Å². The molecule has 2 heterocycles. The third-order valence-corrected chi connectivity index (χ3v) is 4.93. The van der Waals surface area contributed by atoms with Gasteiger partial charge in [-0.15, -0.1) is 5.10 Å². The molecular weight excluding hydrogens is 330 g/mol. The summed E-state index contributed by atoms with van der Waals surface area (Å²) in [5.41, 5.74) is 0.993. The molecule has 8 heteroatoms. The Morgan fingerprint density at radius 1 is 1.28 bits per heavy atom. The molecule has 1 unspecified atom stereocenters. The van der Waals surface area contributed by atoms with E-state index in [-0.39, 0.29) is 29.5 Å². The molecule has 6 nitrogen and oxygen atoms in total. The van der Waals surface area contributed by atoms with E-state index in [1.165, 1.54) is 12.1 Å². The van der Waals surface area contributed by atoms with E-state index in [2.05, 4.69) is 15.0 Å². The van der Waals surface area contributed by atoms with Crippen LogP contribution in [0.25, 0.3) is 0 Å². The Hall–Kier alpha value is -2.51. The van der Waals surface area contributed by atoms with Gasteiger partial charge in [0, 0.05) is 25.2 Å². The number of likely N-dealkylation sites (tertiary alicyclic amines) is 1. The van der Waals surface area contributed by atoms with Crippen LogP contribution in [-0.4, -0.2) is 45.5 Å². The van der Waals surface area contributed by atoms with Crippen LogP contribution < -0.4 is 4.74 Å². The number of benzene rings is 1. The molecule has 1 saturated heterocycles. The highest BCUT2D eigenvalue weighted by Crippen LogP contribution is 2.49. The minimum atomic E-state index is -2.82. The highest BCUT2D eigenvalue weighted by atomic mass is 19.3. The number of alkyl halides is 2. The van der Waals surface area contributed by atoms with Crippen LogP contribution in [0, 0.1) is 5.92 Å². The number of carbonyl (C=O) groups excluding carboxylic acids is 1. The normalized spacial score (nSPS) is 25.4. The molecule has 2 aliphatic rings. The quantitative estimate of drug-likeness (QED) is 0.833. The van der Waals surface area contributed by atoms with Crippen molar-refractivity contribution in [2.75, 3.05) is 13.1 Å². The molecule has 0 bridgehead atoms. The number of aromatic nitrogens is 3. The fourth-order valence-electron chi connectivity index (χ4n) is 3.54. The van der Waals surface area contributed by atoms with Gasteiger partial charge < -0.3 is 9.64 Å². The Labute approximate surface area is 143 Å². The van der Waals surface area contributed by atoms with E-state index in [1.807, 2.05) is 11.1 Å². The minimum absolute atomic E-state index is 0.0173. The molecule has 2 fully saturated rings. The number of rotatable bonds is 5. The largest absolute Gasteiger partial charge is 0.435 e. The van der Waals surface area contributed by atoms with Gasteiger partial charge in [0.1, 0.15) is 5.75 Å². The minimum Gasteiger partial charge on any atom is -0.435 e. The van der Waals surface area contributed by atoms with Crippen molar-refractivity contribution in [2.24, 2.45) is 5.92 Å². The lowest BCUT2D eigenvalue weighted by atomic mass is 10.1. The molecule has 0 spiro atoms. The SMILES string of the molecule is O=C([C@@H]1C[C@H]1c1ccc(OC(F)F)cc1)N1CCC(n2ccnn2)C1. The van der Waals surface area contributed by atoms with Gasteiger partial charge in [-0.3, -0.25) is 4.79 Å². The lowest BCUT2D eigenvalue weighted by molar-refractivity contribution is -0.131. The van der Waals surface area contributed by atoms with Crippen LogP contribution in [0.1, 0.15) is 30.4 Å². The van der Waals surface area contributed by atoms with Crippen molar-refractivity contribution in [3.63, 3.8) is 0 Å². The van der Waals surface area contributed by atoms with Gasteiger partial charge in [-0.2, -0.15) is 8.78 Å². The van der Waals surface area contributed by atoms with Crippen LogP contribution in [0.3, 0.4) is 0 Å². The van der Waals surface area contributed by atoms with E-state index in [4.69, 9.17) is 0 Å². The maximum absolute atomic E-state index is 12.7. The Balaban J connectivity index is 1.34. The lowest BCUT2D eigenvalue weighted by Crippen LogP contribution is -2.30. The zero-order valence-corrected chi connectivity index (χ0v) is 13.5. The summed E-state index contributed by atoms with van der Waals surface area (Å²) >= 11 is 0. The predicted octanol–water partition coefficient (Wildman–Crippen LogP) is 2.46. The van der Waals surface area contributed by atoms with Gasteiger partial charge >= 0.3 is 6.61 Å². The third-order valence-electron chi connectivity index (χ3n) is 4.93. The molecular formula is C17H18F2N4O2. The molecule has 3 atom stereocenters. The van der Waals surface area contributed by atoms with Crippen molar-refractivity contribution < 1.29 is 18.3 Å². The maximum Gasteiger partial charge on any atom is 0.387 e. The fourth-order valence-corrected chi connectivity index (χ4v) is 3.54. The Kier molecular flexibility index (Phi) is 4.10. The summed E-state index contributed by atoms with van der Waals surface area (Å²) in [7, 11) is 0. The second-order valence-electron chi connectivity index (χ2n) is 6.51. The van der Waals surface area contributed by atoms with Crippen LogP contribution in [0.4, 0.5) is 8.78 Å². The number of nitrogens with zero attached hydrogens (tertiary/aromatic N) is 4. The number of carbonyl (C=O) groups is 1. The van der Waals surface area contributed by atoms with Gasteiger partial charge in [-0.25, -0.2) is 4.68 Å². The molecule has 25 heavy (non-hydrogen) atoms. The summed E-state index contributed by atoms with van der Waals surface area (Å²) in [6.45, 7) is -1.44. The Bertz CT molecular complexity index is 736. The molecule has 1 aromatic carbocycles. The van der Waals surface area contributed by atoms with E-state index in [0.29, 0.717) is 6.54 Å². The summed E-state index contributed by atoms with van der Waals surface area (Å²) in [5.74, 6) is 0.452. The van der Waals surface area contributed by atoms with Gasteiger partial charge in [-0.1, -0.05) is 17.3 Å². The van der Waals surface area contributed by atoms with Gasteiger partial charge in [0.15, 0.2) is 0 Å². The van der Waals surface area contributed by atoms with Crippen LogP contribution in [-0.2, 0) is 4.79 Å². The first-order chi connectivity index (χ1) is 12.1. The van der Waals surface area contributed by atoms with E-state index >= 15 is 0 Å². The maximum atomic E-state index is 12.7. The number of halogens is 2. The van der Waals surface area contributed by atoms with Gasteiger partial charge in [-0.05, 0) is 36.5 Å². The second kappa shape index (κ2) is 6.42. The van der Waals surface area contributed by atoms with E-state index < -0.39 is 6.61 Å². The molecule has 0 N–H and O–H groups in total. The van der Waals surface area contributed by atoms with Gasteiger partial charge in [0.05, 0.1) is 12.2 Å². The predicted molar refractivity (Wildman–Crippen MR) is 84.2 cm³/mol. The highest BCUT2D eigenvalue weighted by Gasteiger charge is 2.46. The Morgan fingerprint density at radius 2 is 2.08 bits per heavy atom. The average molecular weight is 348 g/mol. The summed E-state index contributed by atoms with van der Waals surface area (Å²) < 4.78 is 30.5. The molecule has 4 rings (SSSR count). The molecule has 1 aliphatic carbocycles. The van der Waals surface area contributed by atoms with Crippen LogP contribution >= 0.6 is 0 Å². The monoisotopic (exact) mass is 348 g/mol. The molecule has 1 aromatic heterocycles. The summed E-state index contributed by atoms with van der Waals surface area (Å²) in [5, 5.41) is 7.82. The molecule has 1 amide bonds. The van der Waals surface area contributed by atoms with Crippen LogP contribution in [0.2, 0.25) is 0 Å². The van der Waals surface area contributed by atoms with Crippen LogP contribution in [0.5, 0.6) is 5.75 Å². The van der Waals surface area contributed by atoms with Crippen molar-refractivity contribution in [3.05, 3.63) is 42.2 Å². The van der Waals surface area contributed by atoms with Crippen LogP contribution in [0.15, 0.2) is 36.7 Å². The fraction of sp³-hybridized carbons (Fsp3) is 0.471. The zero-order chi connectivity index (χ0) is 17.4. The molecule has 1 aliphatic heterocycles. The Morgan fingerprint density at radius 3 is 2.76 bits per heavy atom. The van der Waals surface area contributed by atoms with E-state index in [0.717, 1.165) is 24.9 Å². The standard InChI is InChI=1S/C17H18F2N4O2/c18-17(19)25-13-3-1-11(2-4-13)14-9-15(14)16(24)22-7-5-12(10-22)23-8-6-20-21-23/h1-4,6,8,12,14-15,17H,5,7,9-10H2/t12?,14-,15+/m0/s1. The number of hydrogen-bond donors (Lipinski definition) is 0. The topological polar surface area (TPSA) is 60.2 Å². The zero-order valence-electron chi connectivity index (χ0n) is 13.5. The van der Waals surface area contributed by atoms with Gasteiger partial charge in [0.2, 0.25) is 5.91 Å². The highest BCUT2D eigenvalue weighted by molar-refractivity contribution is 5.83. The van der Waals surface area contributed by atoms with Crippen molar-refractivity contribution in [1.29, 1.82) is 0 Å². The van der Waals surface area contributed by atoms with Gasteiger partial charge in [0.25, 0.3) is 0 Å². The first-order valence-corrected chi connectivity index (χ1v) is 8.31. The van der Waals surface area contributed by atoms with Crippen molar-refractivity contribution in [3.8, 4) is 5.75 Å². The number of hydrogen-bond acceptors (Lipinski definition) is 4. The third kappa shape index (κ3) is 3.33. The molecule has 2 aromatic rings. The second-order valence-corrected chi connectivity index (χ2v) is 6.51. The molecule has 0 radical (unpaired) electrons. The lowest BCUT2D eigenvalue weighted by Gasteiger charge is -2.16. The average Bonchev–Trinajstić information content (AvgIpc) is 3.00. The summed E-state index contributed by atoms with van der Waals surface area (Å²) in [6.07, 6.45) is 5.15. The summed E-state index contributed by atoms with van der Waals surface area (Å²) in [6, 6.07) is 6.76. The van der Waals surface area contributed by atoms with E-state index in [9.17, 15) is 13.6 Å². The molecule has 1 saturated carbocycles. The van der Waals surface area contributed by atoms with Crippen molar-refractivity contribution in [2.45, 2.75) is 31.4 Å². The molecule has 132 valence electrons. The van der Waals surface area contributed by atoms with E-state index in [1.54, 1.807) is 23.0 Å². The summed E-state index contributed by atoms with van der Waals surface area (Å²) in [4.78, 5) is 14.6. The number of amides is 1. The van der Waals surface area contributed by atoms with Crippen molar-refractivity contribution in [1.82, 2.24) is 19.9 Å². The number of ether oxygens (including phenoxy) is 1. The first kappa shape index (κ1) is 16.0. The smallest absolute Gasteiger partial charge is 0.387 e. The first-order valence-electron chi connectivity index (χ1n) is 8.31.